The van der Waals surface area contributed by atoms with Crippen molar-refractivity contribution < 1.29 is 40.2 Å². The number of hydrogen-bond acceptors (Lipinski definition) is 2. The fourth-order valence-corrected chi connectivity index (χ4v) is 1.18. The van der Waals surface area contributed by atoms with Gasteiger partial charge in [0.25, 0.3) is 0 Å². The second-order valence-corrected chi connectivity index (χ2v) is 4.05. The van der Waals surface area contributed by atoms with Crippen LogP contribution in [0, 0.1) is 0 Å². The minimum Gasteiger partial charge on any atom is -0.426 e. The topological polar surface area (TPSA) is 18.5 Å². The molecular formula is C9H6BrF7MgO2. The molecule has 0 aliphatic carbocycles. The minimum absolute atomic E-state index is 0. The lowest BCUT2D eigenvalue weighted by Crippen LogP contribution is -2.49. The van der Waals surface area contributed by atoms with Crippen molar-refractivity contribution in [2.24, 2.45) is 0 Å². The maximum atomic E-state index is 12.9. The summed E-state index contributed by atoms with van der Waals surface area (Å²) in [4.78, 5) is 0. The van der Waals surface area contributed by atoms with Crippen LogP contribution in [0.15, 0.2) is 28.7 Å². The fraction of sp³-hybridized carbons (Fsp3) is 0.333. The number of hydrogen-bond donors (Lipinski definition) is 0. The van der Waals surface area contributed by atoms with Crippen LogP contribution in [0.5, 0.6) is 5.75 Å². The number of benzene rings is 1. The van der Waals surface area contributed by atoms with Crippen LogP contribution in [0.25, 0.3) is 0 Å². The molecule has 0 heterocycles. The van der Waals surface area contributed by atoms with Gasteiger partial charge in [-0.25, -0.2) is 4.74 Å². The van der Waals surface area contributed by atoms with Gasteiger partial charge < -0.3 is 4.74 Å². The van der Waals surface area contributed by atoms with Crippen molar-refractivity contribution in [2.75, 3.05) is 0 Å². The van der Waals surface area contributed by atoms with Gasteiger partial charge in [-0.3, -0.25) is 0 Å². The molecule has 0 N–H and O–H groups in total. The van der Waals surface area contributed by atoms with Gasteiger partial charge in [0.15, 0.2) is 0 Å². The zero-order chi connectivity index (χ0) is 14.9. The Labute approximate surface area is 132 Å². The third kappa shape index (κ3) is 5.62. The first-order valence-electron chi connectivity index (χ1n) is 4.40. The number of alkyl halides is 7. The van der Waals surface area contributed by atoms with Crippen LogP contribution in [0.4, 0.5) is 30.7 Å². The smallest absolute Gasteiger partial charge is 0.426 e. The Hall–Kier alpha value is -0.264. The molecule has 0 aromatic heterocycles. The molecule has 0 aliphatic rings. The van der Waals surface area contributed by atoms with E-state index < -0.39 is 24.3 Å². The lowest BCUT2D eigenvalue weighted by Gasteiger charge is -2.26. The van der Waals surface area contributed by atoms with Crippen LogP contribution in [0.3, 0.4) is 0 Å². The van der Waals surface area contributed by atoms with E-state index in [0.717, 1.165) is 12.1 Å². The zero-order valence-corrected chi connectivity index (χ0v) is 10.2. The third-order valence-electron chi connectivity index (χ3n) is 1.64. The quantitative estimate of drug-likeness (QED) is 0.584. The Morgan fingerprint density at radius 3 is 1.65 bits per heavy atom. The normalized spacial score (nSPS) is 12.8. The summed E-state index contributed by atoms with van der Waals surface area (Å²) < 4.78 is 91.9. The first-order chi connectivity index (χ1) is 8.43. The molecule has 2 nitrogen and oxygen atoms in total. The SMILES string of the molecule is FC(F)(F)OC(F)(F)C(F)(F)Oc1ccc(Br)cc1.[MgH2]. The summed E-state index contributed by atoms with van der Waals surface area (Å²) in [6.45, 7) is 0. The summed E-state index contributed by atoms with van der Waals surface area (Å²) in [5.41, 5.74) is 0. The first-order valence-corrected chi connectivity index (χ1v) is 5.19. The van der Waals surface area contributed by atoms with Gasteiger partial charge in [-0.1, -0.05) is 15.9 Å². The molecule has 0 saturated carbocycles. The van der Waals surface area contributed by atoms with Crippen molar-refractivity contribution in [3.8, 4) is 5.75 Å². The Balaban J connectivity index is 0.00000361. The van der Waals surface area contributed by atoms with Gasteiger partial charge in [-0.15, -0.1) is 13.2 Å². The molecule has 1 aromatic carbocycles. The molecular weight excluding hydrogens is 377 g/mol. The molecule has 0 unspecified atom stereocenters. The minimum atomic E-state index is -5.93. The Morgan fingerprint density at radius 1 is 0.800 bits per heavy atom. The number of halogens is 8. The fourth-order valence-electron chi connectivity index (χ4n) is 0.915. The van der Waals surface area contributed by atoms with Crippen LogP contribution < -0.4 is 4.74 Å². The number of ether oxygens (including phenoxy) is 2. The molecule has 1 aromatic rings. The van der Waals surface area contributed by atoms with E-state index in [1.54, 1.807) is 0 Å². The van der Waals surface area contributed by atoms with Crippen LogP contribution in [0.2, 0.25) is 0 Å². The van der Waals surface area contributed by atoms with Gasteiger partial charge in [0, 0.05) is 4.47 Å². The van der Waals surface area contributed by atoms with Crippen molar-refractivity contribution in [1.82, 2.24) is 0 Å². The van der Waals surface area contributed by atoms with E-state index >= 15 is 0 Å². The maximum Gasteiger partial charge on any atom is 0.527 e. The van der Waals surface area contributed by atoms with E-state index in [9.17, 15) is 30.7 Å². The first kappa shape index (κ1) is 19.7. The van der Waals surface area contributed by atoms with Crippen LogP contribution in [-0.4, -0.2) is 41.6 Å². The predicted octanol–water partition coefficient (Wildman–Crippen LogP) is 3.63. The summed E-state index contributed by atoms with van der Waals surface area (Å²) in [6.07, 6.45) is -17.3. The molecule has 0 fully saturated rings. The molecule has 0 amide bonds. The largest absolute Gasteiger partial charge is 0.527 e. The van der Waals surface area contributed by atoms with Crippen molar-refractivity contribution >= 4 is 39.0 Å². The summed E-state index contributed by atoms with van der Waals surface area (Å²) >= 11 is 2.94. The van der Waals surface area contributed by atoms with Crippen LogP contribution in [0.1, 0.15) is 0 Å². The summed E-state index contributed by atoms with van der Waals surface area (Å²) in [5.74, 6) is -0.751. The molecule has 1 rings (SSSR count). The molecule has 0 spiro atoms. The van der Waals surface area contributed by atoms with Gasteiger partial charge in [-0.05, 0) is 24.3 Å². The zero-order valence-electron chi connectivity index (χ0n) is 8.65. The van der Waals surface area contributed by atoms with Crippen molar-refractivity contribution in [1.29, 1.82) is 0 Å². The summed E-state index contributed by atoms with van der Waals surface area (Å²) in [5, 5.41) is 0. The van der Waals surface area contributed by atoms with E-state index in [1.807, 2.05) is 0 Å². The van der Waals surface area contributed by atoms with Crippen molar-refractivity contribution in [2.45, 2.75) is 18.6 Å². The molecule has 0 radical (unpaired) electrons. The van der Waals surface area contributed by atoms with E-state index in [0.29, 0.717) is 4.47 Å². The van der Waals surface area contributed by atoms with Gasteiger partial charge >= 0.3 is 41.6 Å². The maximum absolute atomic E-state index is 12.9. The lowest BCUT2D eigenvalue weighted by atomic mass is 10.3. The van der Waals surface area contributed by atoms with Gasteiger partial charge in [-0.2, -0.15) is 17.6 Å². The van der Waals surface area contributed by atoms with Crippen molar-refractivity contribution in [3.05, 3.63) is 28.7 Å². The highest BCUT2D eigenvalue weighted by atomic mass is 79.9. The highest BCUT2D eigenvalue weighted by Gasteiger charge is 2.66. The van der Waals surface area contributed by atoms with Gasteiger partial charge in [0.2, 0.25) is 0 Å². The lowest BCUT2D eigenvalue weighted by molar-refractivity contribution is -0.492. The highest BCUT2D eigenvalue weighted by Crippen LogP contribution is 2.41. The third-order valence-corrected chi connectivity index (χ3v) is 2.17. The number of rotatable bonds is 4. The molecule has 0 aliphatic heterocycles. The summed E-state index contributed by atoms with van der Waals surface area (Å²) in [6, 6.07) is 4.08. The van der Waals surface area contributed by atoms with Crippen molar-refractivity contribution in [3.63, 3.8) is 0 Å². The monoisotopic (exact) mass is 382 g/mol. The Morgan fingerprint density at radius 2 is 1.25 bits per heavy atom. The highest BCUT2D eigenvalue weighted by molar-refractivity contribution is 9.10. The van der Waals surface area contributed by atoms with Crippen LogP contribution in [-0.2, 0) is 4.74 Å². The van der Waals surface area contributed by atoms with Crippen LogP contribution >= 0.6 is 15.9 Å². The molecule has 11 heteroatoms. The van der Waals surface area contributed by atoms with E-state index in [-0.39, 0.29) is 23.1 Å². The second-order valence-electron chi connectivity index (χ2n) is 3.14. The molecule has 0 bridgehead atoms. The van der Waals surface area contributed by atoms with E-state index in [4.69, 9.17) is 0 Å². The average Bonchev–Trinajstić information content (AvgIpc) is 2.17. The summed E-state index contributed by atoms with van der Waals surface area (Å²) in [7, 11) is 0. The van der Waals surface area contributed by atoms with E-state index in [2.05, 4.69) is 25.4 Å². The molecule has 20 heavy (non-hydrogen) atoms. The molecule has 112 valence electrons. The second kappa shape index (κ2) is 6.67. The van der Waals surface area contributed by atoms with Gasteiger partial charge in [0.1, 0.15) is 5.75 Å². The Bertz CT molecular complexity index is 435. The Kier molecular flexibility index (Phi) is 6.58. The standard InChI is InChI=1S/C9H4BrF7O2.Mg.2H/c10-5-1-3-6(4-2-5)18-7(11,12)8(13,14)19-9(15,16)17;;;/h1-4H;;;. The van der Waals surface area contributed by atoms with E-state index in [1.165, 1.54) is 12.1 Å². The molecule has 0 saturated heterocycles. The molecule has 0 atom stereocenters. The average molecular weight is 383 g/mol. The predicted molar refractivity (Wildman–Crippen MR) is 60.3 cm³/mol. The van der Waals surface area contributed by atoms with Gasteiger partial charge in [0.05, 0.1) is 0 Å².